The third kappa shape index (κ3) is 3.81. The standard InChI is InChI=1S/C30H20N2O8S/c1-15-3-4-16(11-25(15)33)17-5-10-24(26(34)12-17)32-29(37)21-9-7-19(14-23(21)30(32)38)41(39,40)18-6-8-20-22(13-18)28(36)31(2)27(20)35/h3-14,33-34H,1-2H3. The Hall–Kier alpha value is -5.29. The molecule has 204 valence electrons. The molecule has 11 heteroatoms. The molecule has 4 aromatic rings. The summed E-state index contributed by atoms with van der Waals surface area (Å²) in [5.41, 5.74) is 1.56. The van der Waals surface area contributed by atoms with Crippen LogP contribution in [0.4, 0.5) is 5.69 Å². The third-order valence-corrected chi connectivity index (χ3v) is 9.05. The Labute approximate surface area is 233 Å². The third-order valence-electron chi connectivity index (χ3n) is 7.30. The van der Waals surface area contributed by atoms with Crippen LogP contribution in [-0.4, -0.2) is 54.2 Å². The number of anilines is 1. The van der Waals surface area contributed by atoms with Gasteiger partial charge in [-0.25, -0.2) is 13.3 Å². The van der Waals surface area contributed by atoms with Crippen molar-refractivity contribution in [3.63, 3.8) is 0 Å². The Morgan fingerprint density at radius 2 is 1.07 bits per heavy atom. The van der Waals surface area contributed by atoms with Crippen molar-refractivity contribution in [2.45, 2.75) is 16.7 Å². The first-order valence-electron chi connectivity index (χ1n) is 12.3. The molecule has 0 saturated heterocycles. The highest BCUT2D eigenvalue weighted by atomic mass is 32.2. The van der Waals surface area contributed by atoms with Gasteiger partial charge in [-0.15, -0.1) is 0 Å². The van der Waals surface area contributed by atoms with Crippen LogP contribution in [-0.2, 0) is 9.84 Å². The van der Waals surface area contributed by atoms with Crippen LogP contribution in [0.15, 0.2) is 82.6 Å². The molecular weight excluding hydrogens is 548 g/mol. The fourth-order valence-corrected chi connectivity index (χ4v) is 6.24. The molecule has 0 aromatic heterocycles. The van der Waals surface area contributed by atoms with Crippen LogP contribution in [0.1, 0.15) is 47.0 Å². The number of fused-ring (bicyclic) bond motifs is 2. The average Bonchev–Trinajstić information content (AvgIpc) is 3.33. The van der Waals surface area contributed by atoms with E-state index < -0.39 is 33.5 Å². The monoisotopic (exact) mass is 568 g/mol. The molecule has 2 aliphatic rings. The van der Waals surface area contributed by atoms with E-state index in [0.717, 1.165) is 21.9 Å². The number of carbonyl (C=O) groups is 4. The van der Waals surface area contributed by atoms with E-state index in [1.807, 2.05) is 0 Å². The summed E-state index contributed by atoms with van der Waals surface area (Å²) in [7, 11) is -2.95. The van der Waals surface area contributed by atoms with Gasteiger partial charge in [0.1, 0.15) is 11.5 Å². The van der Waals surface area contributed by atoms with Gasteiger partial charge in [-0.3, -0.25) is 24.1 Å². The van der Waals surface area contributed by atoms with Gasteiger partial charge >= 0.3 is 0 Å². The molecular formula is C30H20N2O8S. The summed E-state index contributed by atoms with van der Waals surface area (Å²) in [5, 5.41) is 20.8. The van der Waals surface area contributed by atoms with Gasteiger partial charge in [-0.05, 0) is 78.2 Å². The molecule has 6 rings (SSSR count). The van der Waals surface area contributed by atoms with Crippen molar-refractivity contribution in [3.05, 3.63) is 101 Å². The second-order valence-electron chi connectivity index (χ2n) is 9.74. The van der Waals surface area contributed by atoms with E-state index >= 15 is 0 Å². The van der Waals surface area contributed by atoms with E-state index in [0.29, 0.717) is 16.7 Å². The average molecular weight is 569 g/mol. The van der Waals surface area contributed by atoms with Gasteiger partial charge < -0.3 is 10.2 Å². The molecule has 2 heterocycles. The SMILES string of the molecule is Cc1ccc(-c2ccc(N3C(=O)c4ccc(S(=O)(=O)c5ccc6c(c5)C(=O)N(C)C6=O)cc4C3=O)c(O)c2)cc1O. The number of sulfone groups is 1. The van der Waals surface area contributed by atoms with Crippen molar-refractivity contribution in [3.8, 4) is 22.6 Å². The zero-order valence-corrected chi connectivity index (χ0v) is 22.4. The number of phenols is 2. The fourth-order valence-electron chi connectivity index (χ4n) is 4.93. The number of rotatable bonds is 4. The smallest absolute Gasteiger partial charge is 0.266 e. The lowest BCUT2D eigenvalue weighted by Crippen LogP contribution is -2.29. The minimum Gasteiger partial charge on any atom is -0.508 e. The van der Waals surface area contributed by atoms with E-state index in [2.05, 4.69) is 0 Å². The summed E-state index contributed by atoms with van der Waals surface area (Å²) in [6.45, 7) is 1.74. The van der Waals surface area contributed by atoms with Crippen molar-refractivity contribution in [1.82, 2.24) is 4.90 Å². The fraction of sp³-hybridized carbons (Fsp3) is 0.0667. The molecule has 10 nitrogen and oxygen atoms in total. The summed E-state index contributed by atoms with van der Waals surface area (Å²) < 4.78 is 26.9. The number of nitrogens with zero attached hydrogens (tertiary/aromatic N) is 2. The van der Waals surface area contributed by atoms with Gasteiger partial charge in [0.15, 0.2) is 0 Å². The minimum atomic E-state index is -4.25. The second-order valence-corrected chi connectivity index (χ2v) is 11.7. The van der Waals surface area contributed by atoms with Gasteiger partial charge in [0.25, 0.3) is 23.6 Å². The van der Waals surface area contributed by atoms with E-state index in [4.69, 9.17) is 0 Å². The highest BCUT2D eigenvalue weighted by Crippen LogP contribution is 2.39. The van der Waals surface area contributed by atoms with Gasteiger partial charge in [0.2, 0.25) is 9.84 Å². The quantitative estimate of drug-likeness (QED) is 0.352. The first kappa shape index (κ1) is 26.0. The molecule has 2 aliphatic heterocycles. The number of hydrogen-bond donors (Lipinski definition) is 2. The maximum absolute atomic E-state index is 13.4. The van der Waals surface area contributed by atoms with Crippen LogP contribution in [0.25, 0.3) is 11.1 Å². The Morgan fingerprint density at radius 1 is 0.585 bits per heavy atom. The van der Waals surface area contributed by atoms with E-state index in [1.165, 1.54) is 49.5 Å². The molecule has 0 aliphatic carbocycles. The molecule has 41 heavy (non-hydrogen) atoms. The van der Waals surface area contributed by atoms with Crippen LogP contribution in [0.5, 0.6) is 11.5 Å². The van der Waals surface area contributed by atoms with Gasteiger partial charge in [0.05, 0.1) is 37.7 Å². The summed E-state index contributed by atoms with van der Waals surface area (Å²) in [4.78, 5) is 52.2. The molecule has 0 radical (unpaired) electrons. The van der Waals surface area contributed by atoms with Crippen molar-refractivity contribution in [1.29, 1.82) is 0 Å². The second kappa shape index (κ2) is 8.86. The predicted octanol–water partition coefficient (Wildman–Crippen LogP) is 3.93. The van der Waals surface area contributed by atoms with Crippen LogP contribution in [0, 0.1) is 6.92 Å². The Balaban J connectivity index is 1.34. The van der Waals surface area contributed by atoms with Crippen molar-refractivity contribution in [2.24, 2.45) is 0 Å². The van der Waals surface area contributed by atoms with Crippen LogP contribution in [0.2, 0.25) is 0 Å². The number of carbonyl (C=O) groups excluding carboxylic acids is 4. The number of phenolic OH excluding ortho intramolecular Hbond substituents is 2. The zero-order valence-electron chi connectivity index (χ0n) is 21.6. The van der Waals surface area contributed by atoms with Crippen molar-refractivity contribution < 1.29 is 37.8 Å². The Kier molecular flexibility index (Phi) is 5.61. The molecule has 0 spiro atoms. The number of benzene rings is 4. The Bertz CT molecular complexity index is 2000. The van der Waals surface area contributed by atoms with Gasteiger partial charge in [-0.2, -0.15) is 0 Å². The summed E-state index contributed by atoms with van der Waals surface area (Å²) in [6, 6.07) is 16.4. The topological polar surface area (TPSA) is 149 Å². The Morgan fingerprint density at radius 3 is 1.66 bits per heavy atom. The number of amides is 4. The lowest BCUT2D eigenvalue weighted by atomic mass is 10.0. The van der Waals surface area contributed by atoms with E-state index in [1.54, 1.807) is 25.1 Å². The highest BCUT2D eigenvalue weighted by Gasteiger charge is 2.39. The number of aromatic hydroxyl groups is 2. The molecule has 2 N–H and O–H groups in total. The normalized spacial score (nSPS) is 14.6. The van der Waals surface area contributed by atoms with Crippen molar-refractivity contribution in [2.75, 3.05) is 11.9 Å². The molecule has 0 atom stereocenters. The zero-order chi connectivity index (χ0) is 29.4. The van der Waals surface area contributed by atoms with E-state index in [9.17, 15) is 37.8 Å². The lowest BCUT2D eigenvalue weighted by molar-refractivity contribution is 0.0692. The largest absolute Gasteiger partial charge is 0.508 e. The number of hydrogen-bond acceptors (Lipinski definition) is 8. The van der Waals surface area contributed by atoms with Gasteiger partial charge in [-0.1, -0.05) is 18.2 Å². The predicted molar refractivity (Wildman–Crippen MR) is 146 cm³/mol. The van der Waals surface area contributed by atoms with Crippen LogP contribution < -0.4 is 4.90 Å². The lowest BCUT2D eigenvalue weighted by Gasteiger charge is -2.16. The maximum atomic E-state index is 13.4. The van der Waals surface area contributed by atoms with E-state index in [-0.39, 0.29) is 49.2 Å². The highest BCUT2D eigenvalue weighted by molar-refractivity contribution is 7.91. The maximum Gasteiger partial charge on any atom is 0.266 e. The van der Waals surface area contributed by atoms with Crippen LogP contribution >= 0.6 is 0 Å². The molecule has 0 unspecified atom stereocenters. The molecule has 0 fully saturated rings. The summed E-state index contributed by atoms with van der Waals surface area (Å²) in [5.74, 6) is -3.03. The first-order chi connectivity index (χ1) is 19.4. The summed E-state index contributed by atoms with van der Waals surface area (Å²) >= 11 is 0. The molecule has 0 saturated carbocycles. The molecule has 0 bridgehead atoms. The molecule has 4 amide bonds. The number of imide groups is 2. The van der Waals surface area contributed by atoms with Crippen molar-refractivity contribution >= 4 is 39.2 Å². The minimum absolute atomic E-state index is 0.0442. The number of aryl methyl sites for hydroxylation is 1. The first-order valence-corrected chi connectivity index (χ1v) is 13.8. The van der Waals surface area contributed by atoms with Gasteiger partial charge in [0, 0.05) is 7.05 Å². The molecule has 4 aromatic carbocycles. The van der Waals surface area contributed by atoms with Crippen LogP contribution in [0.3, 0.4) is 0 Å². The summed E-state index contributed by atoms with van der Waals surface area (Å²) in [6.07, 6.45) is 0.